The Morgan fingerprint density at radius 1 is 1.21 bits per heavy atom. The van der Waals surface area contributed by atoms with Crippen molar-refractivity contribution in [3.8, 4) is 5.75 Å². The molecule has 0 aliphatic carbocycles. The summed E-state index contributed by atoms with van der Waals surface area (Å²) >= 11 is 9.17. The number of para-hydroxylation sites is 1. The minimum absolute atomic E-state index is 0.399. The summed E-state index contributed by atoms with van der Waals surface area (Å²) in [5.74, 6) is -0.632. The van der Waals surface area contributed by atoms with Crippen molar-refractivity contribution in [2.24, 2.45) is 0 Å². The number of hydrogen-bond acceptors (Lipinski definition) is 4. The van der Waals surface area contributed by atoms with E-state index in [4.69, 9.17) is 21.1 Å². The molecule has 0 aliphatic heterocycles. The van der Waals surface area contributed by atoms with Crippen molar-refractivity contribution in [2.45, 2.75) is 13.0 Å². The highest BCUT2D eigenvalue weighted by Gasteiger charge is 2.18. The van der Waals surface area contributed by atoms with Crippen molar-refractivity contribution < 1.29 is 19.1 Å². The van der Waals surface area contributed by atoms with E-state index in [9.17, 15) is 9.59 Å². The number of anilines is 1. The SMILES string of the molecule is CC(Oc1cccc(Cl)c1)C(=O)OCC(=O)Nc1ccccc1Br. The Bertz CT molecular complexity index is 738. The molecule has 5 nitrogen and oxygen atoms in total. The number of hydrogen-bond donors (Lipinski definition) is 1. The second-order valence-corrected chi connectivity index (χ2v) is 6.14. The number of carbonyl (C=O) groups is 2. The summed E-state index contributed by atoms with van der Waals surface area (Å²) in [6.07, 6.45) is -0.861. The van der Waals surface area contributed by atoms with Crippen LogP contribution in [-0.4, -0.2) is 24.6 Å². The molecule has 1 amide bonds. The molecule has 0 saturated heterocycles. The molecule has 126 valence electrons. The summed E-state index contributed by atoms with van der Waals surface area (Å²) in [6.45, 7) is 1.14. The van der Waals surface area contributed by atoms with Crippen LogP contribution in [-0.2, 0) is 14.3 Å². The zero-order valence-corrected chi connectivity index (χ0v) is 15.1. The summed E-state index contributed by atoms with van der Waals surface area (Å²) in [4.78, 5) is 23.7. The van der Waals surface area contributed by atoms with E-state index in [-0.39, 0.29) is 0 Å². The Labute approximate surface area is 153 Å². The molecule has 0 spiro atoms. The highest BCUT2D eigenvalue weighted by atomic mass is 79.9. The summed E-state index contributed by atoms with van der Waals surface area (Å²) in [5.41, 5.74) is 0.599. The minimum atomic E-state index is -0.861. The van der Waals surface area contributed by atoms with E-state index in [0.717, 1.165) is 4.47 Å². The molecule has 0 aromatic heterocycles. The molecule has 7 heteroatoms. The standard InChI is InChI=1S/C17H15BrClNO4/c1-11(24-13-6-4-5-12(19)9-13)17(22)23-10-16(21)20-15-8-3-2-7-14(15)18/h2-9,11H,10H2,1H3,(H,20,21). The molecular formula is C17H15BrClNO4. The first kappa shape index (κ1) is 18.3. The fourth-order valence-electron chi connectivity index (χ4n) is 1.80. The Kier molecular flexibility index (Phi) is 6.63. The van der Waals surface area contributed by atoms with Crippen molar-refractivity contribution in [3.05, 3.63) is 58.0 Å². The maximum absolute atomic E-state index is 11.9. The third-order valence-electron chi connectivity index (χ3n) is 2.93. The number of rotatable bonds is 6. The lowest BCUT2D eigenvalue weighted by molar-refractivity contribution is -0.153. The third kappa shape index (κ3) is 5.54. The number of halogens is 2. The first-order valence-corrected chi connectivity index (χ1v) is 8.26. The molecule has 1 atom stereocenters. The van der Waals surface area contributed by atoms with Gasteiger partial charge in [-0.2, -0.15) is 0 Å². The average molecular weight is 413 g/mol. The van der Waals surface area contributed by atoms with Gasteiger partial charge < -0.3 is 14.8 Å². The molecule has 2 aromatic rings. The number of amides is 1. The number of benzene rings is 2. The molecule has 2 rings (SSSR count). The van der Waals surface area contributed by atoms with Gasteiger partial charge in [-0.15, -0.1) is 0 Å². The third-order valence-corrected chi connectivity index (χ3v) is 3.86. The van der Waals surface area contributed by atoms with Crippen LogP contribution in [0.1, 0.15) is 6.92 Å². The van der Waals surface area contributed by atoms with Crippen LogP contribution < -0.4 is 10.1 Å². The van der Waals surface area contributed by atoms with Crippen molar-refractivity contribution in [1.82, 2.24) is 0 Å². The largest absolute Gasteiger partial charge is 0.479 e. The summed E-state index contributed by atoms with van der Waals surface area (Å²) in [7, 11) is 0. The molecule has 0 saturated carbocycles. The lowest BCUT2D eigenvalue weighted by Gasteiger charge is -2.14. The van der Waals surface area contributed by atoms with Crippen LogP contribution in [0.4, 0.5) is 5.69 Å². The number of esters is 1. The molecule has 0 heterocycles. The van der Waals surface area contributed by atoms with Crippen LogP contribution in [0.15, 0.2) is 53.0 Å². The second kappa shape index (κ2) is 8.70. The van der Waals surface area contributed by atoms with Crippen molar-refractivity contribution in [2.75, 3.05) is 11.9 Å². The van der Waals surface area contributed by atoms with Crippen LogP contribution in [0.2, 0.25) is 5.02 Å². The van der Waals surface area contributed by atoms with Crippen LogP contribution in [0.5, 0.6) is 5.75 Å². The van der Waals surface area contributed by atoms with Gasteiger partial charge in [-0.1, -0.05) is 29.8 Å². The quantitative estimate of drug-likeness (QED) is 0.727. The Morgan fingerprint density at radius 2 is 1.96 bits per heavy atom. The van der Waals surface area contributed by atoms with E-state index in [1.165, 1.54) is 6.92 Å². The highest BCUT2D eigenvalue weighted by Crippen LogP contribution is 2.21. The predicted molar refractivity (Wildman–Crippen MR) is 95.3 cm³/mol. The Balaban J connectivity index is 1.81. The van der Waals surface area contributed by atoms with Crippen LogP contribution >= 0.6 is 27.5 Å². The fourth-order valence-corrected chi connectivity index (χ4v) is 2.36. The first-order valence-electron chi connectivity index (χ1n) is 7.09. The van der Waals surface area contributed by atoms with Gasteiger partial charge in [-0.3, -0.25) is 4.79 Å². The first-order chi connectivity index (χ1) is 11.5. The molecule has 2 aromatic carbocycles. The van der Waals surface area contributed by atoms with E-state index >= 15 is 0 Å². The second-order valence-electron chi connectivity index (χ2n) is 4.85. The highest BCUT2D eigenvalue weighted by molar-refractivity contribution is 9.10. The number of ether oxygens (including phenoxy) is 2. The van der Waals surface area contributed by atoms with Crippen LogP contribution in [0.25, 0.3) is 0 Å². The number of nitrogens with one attached hydrogen (secondary N) is 1. The molecular weight excluding hydrogens is 398 g/mol. The fraction of sp³-hybridized carbons (Fsp3) is 0.176. The van der Waals surface area contributed by atoms with Gasteiger partial charge in [0, 0.05) is 9.50 Å². The van der Waals surface area contributed by atoms with Gasteiger partial charge in [0.25, 0.3) is 5.91 Å². The zero-order valence-electron chi connectivity index (χ0n) is 12.8. The number of carbonyl (C=O) groups excluding carboxylic acids is 2. The van der Waals surface area contributed by atoms with E-state index in [1.54, 1.807) is 42.5 Å². The van der Waals surface area contributed by atoms with E-state index in [0.29, 0.717) is 16.5 Å². The molecule has 0 radical (unpaired) electrons. The Hall–Kier alpha value is -2.05. The van der Waals surface area contributed by atoms with Gasteiger partial charge >= 0.3 is 5.97 Å². The zero-order chi connectivity index (χ0) is 17.5. The van der Waals surface area contributed by atoms with Gasteiger partial charge in [-0.05, 0) is 53.2 Å². The monoisotopic (exact) mass is 411 g/mol. The van der Waals surface area contributed by atoms with Crippen molar-refractivity contribution >= 4 is 45.1 Å². The molecule has 1 N–H and O–H groups in total. The smallest absolute Gasteiger partial charge is 0.347 e. The Morgan fingerprint density at radius 3 is 2.67 bits per heavy atom. The molecule has 0 bridgehead atoms. The minimum Gasteiger partial charge on any atom is -0.479 e. The molecule has 24 heavy (non-hydrogen) atoms. The summed E-state index contributed by atoms with van der Waals surface area (Å²) in [6, 6.07) is 13.8. The van der Waals surface area contributed by atoms with Gasteiger partial charge in [0.1, 0.15) is 5.75 Å². The average Bonchev–Trinajstić information content (AvgIpc) is 2.54. The lowest BCUT2D eigenvalue weighted by atomic mass is 10.3. The van der Waals surface area contributed by atoms with Crippen molar-refractivity contribution in [3.63, 3.8) is 0 Å². The van der Waals surface area contributed by atoms with Gasteiger partial charge in [-0.25, -0.2) is 4.79 Å². The maximum Gasteiger partial charge on any atom is 0.347 e. The van der Waals surface area contributed by atoms with Gasteiger partial charge in [0.05, 0.1) is 5.69 Å². The van der Waals surface area contributed by atoms with E-state index in [1.807, 2.05) is 6.07 Å². The van der Waals surface area contributed by atoms with Gasteiger partial charge in [0.2, 0.25) is 0 Å². The van der Waals surface area contributed by atoms with E-state index < -0.39 is 24.6 Å². The summed E-state index contributed by atoms with van der Waals surface area (Å²) in [5, 5.41) is 3.14. The molecule has 0 fully saturated rings. The maximum atomic E-state index is 11.9. The summed E-state index contributed by atoms with van der Waals surface area (Å²) < 4.78 is 11.1. The lowest BCUT2D eigenvalue weighted by Crippen LogP contribution is -2.29. The van der Waals surface area contributed by atoms with Crippen molar-refractivity contribution in [1.29, 1.82) is 0 Å². The van der Waals surface area contributed by atoms with Crippen LogP contribution in [0.3, 0.4) is 0 Å². The predicted octanol–water partition coefficient (Wildman–Crippen LogP) is 4.05. The molecule has 1 unspecified atom stereocenters. The topological polar surface area (TPSA) is 64.6 Å². The van der Waals surface area contributed by atoms with Crippen LogP contribution in [0, 0.1) is 0 Å². The normalized spacial score (nSPS) is 11.5. The van der Waals surface area contributed by atoms with E-state index in [2.05, 4.69) is 21.2 Å². The molecule has 0 aliphatic rings. The van der Waals surface area contributed by atoms with Gasteiger partial charge in [0.15, 0.2) is 12.7 Å².